The molecule has 0 aromatic heterocycles. The minimum absolute atomic E-state index is 0.00820. The fourth-order valence-corrected chi connectivity index (χ4v) is 8.06. The molecule has 1 rings (SSSR count). The lowest BCUT2D eigenvalue weighted by Gasteiger charge is -2.29. The van der Waals surface area contributed by atoms with Crippen molar-refractivity contribution < 1.29 is 28.5 Å². The standard InChI is InChI=1S/C48H93NO6/c1-7-12-30-43(31-13-8-2)40-46(50)52-38-28-24-20-17-16-18-22-26-35-48(54-42-45(55-48)34-37-49(6)11-5)36-27-23-19-21-25-29-39-53-47(51)41-44(32-14-9-3)33-15-10-4/h43-45H,7-42H2,1-6H3. The third-order valence-electron chi connectivity index (χ3n) is 12.0. The monoisotopic (exact) mass is 780 g/mol. The summed E-state index contributed by atoms with van der Waals surface area (Å²) in [7, 11) is 2.18. The number of hydrogen-bond donors (Lipinski definition) is 0. The molecule has 0 radical (unpaired) electrons. The van der Waals surface area contributed by atoms with Crippen LogP contribution in [-0.2, 0) is 28.5 Å². The van der Waals surface area contributed by atoms with E-state index in [0.717, 1.165) is 103 Å². The molecule has 0 N–H and O–H groups in total. The maximum Gasteiger partial charge on any atom is 0.306 e. The van der Waals surface area contributed by atoms with Crippen LogP contribution in [0.1, 0.15) is 234 Å². The van der Waals surface area contributed by atoms with Gasteiger partial charge in [0.15, 0.2) is 5.79 Å². The zero-order chi connectivity index (χ0) is 40.2. The second kappa shape index (κ2) is 35.9. The smallest absolute Gasteiger partial charge is 0.306 e. The van der Waals surface area contributed by atoms with E-state index in [1.165, 1.54) is 103 Å². The minimum atomic E-state index is -0.404. The number of esters is 2. The predicted octanol–water partition coefficient (Wildman–Crippen LogP) is 13.5. The topological polar surface area (TPSA) is 74.3 Å². The van der Waals surface area contributed by atoms with E-state index in [1.54, 1.807) is 0 Å². The van der Waals surface area contributed by atoms with Crippen molar-refractivity contribution in [3.63, 3.8) is 0 Å². The Bertz CT molecular complexity index is 868. The van der Waals surface area contributed by atoms with Gasteiger partial charge < -0.3 is 23.8 Å². The van der Waals surface area contributed by atoms with Crippen LogP contribution in [0.4, 0.5) is 0 Å². The van der Waals surface area contributed by atoms with Crippen molar-refractivity contribution in [2.24, 2.45) is 11.8 Å². The van der Waals surface area contributed by atoms with E-state index in [2.05, 4.69) is 46.6 Å². The third-order valence-corrected chi connectivity index (χ3v) is 12.0. The lowest BCUT2D eigenvalue weighted by molar-refractivity contribution is -0.180. The molecule has 1 aliphatic heterocycles. The van der Waals surface area contributed by atoms with E-state index in [-0.39, 0.29) is 18.0 Å². The van der Waals surface area contributed by atoms with Gasteiger partial charge in [-0.3, -0.25) is 9.59 Å². The van der Waals surface area contributed by atoms with Crippen molar-refractivity contribution in [3.05, 3.63) is 0 Å². The van der Waals surface area contributed by atoms with Crippen LogP contribution in [0.3, 0.4) is 0 Å². The van der Waals surface area contributed by atoms with E-state index >= 15 is 0 Å². The number of hydrogen-bond acceptors (Lipinski definition) is 7. The number of carbonyl (C=O) groups excluding carboxylic acids is 2. The van der Waals surface area contributed by atoms with E-state index in [9.17, 15) is 9.59 Å². The summed E-state index contributed by atoms with van der Waals surface area (Å²) in [5.41, 5.74) is 0. The molecule has 0 aromatic carbocycles. The Hall–Kier alpha value is -1.18. The Kier molecular flexibility index (Phi) is 33.9. The minimum Gasteiger partial charge on any atom is -0.466 e. The summed E-state index contributed by atoms with van der Waals surface area (Å²) in [6.45, 7) is 15.1. The van der Waals surface area contributed by atoms with Gasteiger partial charge in [-0.25, -0.2) is 0 Å². The molecule has 2 atom stereocenters. The van der Waals surface area contributed by atoms with Gasteiger partial charge in [0.25, 0.3) is 0 Å². The second-order valence-electron chi connectivity index (χ2n) is 17.2. The summed E-state index contributed by atoms with van der Waals surface area (Å²) >= 11 is 0. The highest BCUT2D eigenvalue weighted by molar-refractivity contribution is 5.70. The van der Waals surface area contributed by atoms with E-state index in [1.807, 2.05) is 0 Å². The van der Waals surface area contributed by atoms with Gasteiger partial charge in [0.1, 0.15) is 0 Å². The van der Waals surface area contributed by atoms with E-state index < -0.39 is 5.79 Å². The molecular weight excluding hydrogens is 687 g/mol. The Morgan fingerprint density at radius 3 is 1.35 bits per heavy atom. The largest absolute Gasteiger partial charge is 0.466 e. The van der Waals surface area contributed by atoms with E-state index in [4.69, 9.17) is 18.9 Å². The van der Waals surface area contributed by atoms with Crippen LogP contribution in [0, 0.1) is 11.8 Å². The van der Waals surface area contributed by atoms with Gasteiger partial charge in [0.05, 0.1) is 25.9 Å². The summed E-state index contributed by atoms with van der Waals surface area (Å²) in [5, 5.41) is 0. The lowest BCUT2D eigenvalue weighted by atomic mass is 9.93. The molecule has 7 nitrogen and oxygen atoms in total. The van der Waals surface area contributed by atoms with Gasteiger partial charge in [-0.2, -0.15) is 0 Å². The van der Waals surface area contributed by atoms with Gasteiger partial charge in [-0.15, -0.1) is 0 Å². The van der Waals surface area contributed by atoms with Crippen molar-refractivity contribution in [2.45, 2.75) is 246 Å². The molecule has 1 fully saturated rings. The highest BCUT2D eigenvalue weighted by Crippen LogP contribution is 2.36. The van der Waals surface area contributed by atoms with Crippen LogP contribution in [-0.4, -0.2) is 68.7 Å². The van der Waals surface area contributed by atoms with Crippen molar-refractivity contribution in [3.8, 4) is 0 Å². The van der Waals surface area contributed by atoms with Crippen molar-refractivity contribution >= 4 is 11.9 Å². The highest BCUT2D eigenvalue weighted by Gasteiger charge is 2.40. The zero-order valence-electron chi connectivity index (χ0n) is 37.6. The quantitative estimate of drug-likeness (QED) is 0.0453. The first-order chi connectivity index (χ1) is 26.8. The Morgan fingerprint density at radius 1 is 0.582 bits per heavy atom. The normalized spacial score (nSPS) is 17.2. The summed E-state index contributed by atoms with van der Waals surface area (Å²) in [6.07, 6.45) is 35.1. The summed E-state index contributed by atoms with van der Waals surface area (Å²) < 4.78 is 24.4. The first-order valence-electron chi connectivity index (χ1n) is 24.1. The Labute approximate surface area is 341 Å². The molecule has 326 valence electrons. The highest BCUT2D eigenvalue weighted by atomic mass is 16.7. The molecule has 0 aromatic rings. The number of ether oxygens (including phenoxy) is 4. The number of carbonyl (C=O) groups is 2. The average molecular weight is 780 g/mol. The van der Waals surface area contributed by atoms with Gasteiger partial charge >= 0.3 is 11.9 Å². The van der Waals surface area contributed by atoms with Crippen molar-refractivity contribution in [1.29, 1.82) is 0 Å². The molecule has 0 amide bonds. The first kappa shape index (κ1) is 51.8. The Balaban J connectivity index is 2.26. The zero-order valence-corrected chi connectivity index (χ0v) is 37.6. The summed E-state index contributed by atoms with van der Waals surface area (Å²) in [5.74, 6) is 0.618. The molecule has 0 aliphatic carbocycles. The maximum absolute atomic E-state index is 12.4. The predicted molar refractivity (Wildman–Crippen MR) is 231 cm³/mol. The van der Waals surface area contributed by atoms with Crippen LogP contribution < -0.4 is 0 Å². The maximum atomic E-state index is 12.4. The molecule has 1 aliphatic rings. The number of rotatable bonds is 40. The fourth-order valence-electron chi connectivity index (χ4n) is 8.06. The van der Waals surface area contributed by atoms with Gasteiger partial charge in [0.2, 0.25) is 0 Å². The molecule has 0 bridgehead atoms. The average Bonchev–Trinajstić information content (AvgIpc) is 3.60. The van der Waals surface area contributed by atoms with Crippen molar-refractivity contribution in [1.82, 2.24) is 4.90 Å². The van der Waals surface area contributed by atoms with Gasteiger partial charge in [-0.05, 0) is 83.2 Å². The van der Waals surface area contributed by atoms with Crippen LogP contribution in [0.5, 0.6) is 0 Å². The molecule has 1 heterocycles. The van der Waals surface area contributed by atoms with Crippen LogP contribution in [0.2, 0.25) is 0 Å². The molecule has 0 spiro atoms. The lowest BCUT2D eigenvalue weighted by Crippen LogP contribution is -2.32. The summed E-state index contributed by atoms with van der Waals surface area (Å²) in [6, 6.07) is 0. The van der Waals surface area contributed by atoms with Gasteiger partial charge in [-0.1, -0.05) is 150 Å². The molecular formula is C48H93NO6. The summed E-state index contributed by atoms with van der Waals surface area (Å²) in [4.78, 5) is 27.2. The third kappa shape index (κ3) is 28.8. The first-order valence-corrected chi connectivity index (χ1v) is 24.1. The van der Waals surface area contributed by atoms with Crippen LogP contribution in [0.15, 0.2) is 0 Å². The fraction of sp³-hybridized carbons (Fsp3) is 0.958. The number of unbranched alkanes of at least 4 members (excludes halogenated alkanes) is 16. The second-order valence-corrected chi connectivity index (χ2v) is 17.2. The van der Waals surface area contributed by atoms with Crippen LogP contribution in [0.25, 0.3) is 0 Å². The SMILES string of the molecule is CCCCC(CCCC)CC(=O)OCCCCCCCCCCC1(CCCCCCCCOC(=O)CC(CCCC)CCCC)OCC(CCN(C)CC)O1. The Morgan fingerprint density at radius 2 is 0.964 bits per heavy atom. The molecule has 0 saturated carbocycles. The molecule has 2 unspecified atom stereocenters. The van der Waals surface area contributed by atoms with E-state index in [0.29, 0.717) is 37.9 Å². The molecule has 55 heavy (non-hydrogen) atoms. The van der Waals surface area contributed by atoms with Crippen LogP contribution >= 0.6 is 0 Å². The molecule has 7 heteroatoms. The molecule has 1 saturated heterocycles. The van der Waals surface area contributed by atoms with Gasteiger partial charge in [0, 0.05) is 32.2 Å². The van der Waals surface area contributed by atoms with Crippen molar-refractivity contribution in [2.75, 3.05) is 40.0 Å². The number of nitrogens with zero attached hydrogens (tertiary/aromatic N) is 1.